The van der Waals surface area contributed by atoms with E-state index in [-0.39, 0.29) is 5.54 Å². The van der Waals surface area contributed by atoms with Gasteiger partial charge in [0.1, 0.15) is 5.54 Å². The second-order valence-corrected chi connectivity index (χ2v) is 7.53. The summed E-state index contributed by atoms with van der Waals surface area (Å²) in [6.45, 7) is 5.77. The zero-order valence-corrected chi connectivity index (χ0v) is 15.6. The number of hydrogen-bond acceptors (Lipinski definition) is 3. The van der Waals surface area contributed by atoms with Crippen LogP contribution < -0.4 is 0 Å². The van der Waals surface area contributed by atoms with Crippen LogP contribution in [0.15, 0.2) is 42.7 Å². The van der Waals surface area contributed by atoms with Crippen molar-refractivity contribution in [3.05, 3.63) is 48.3 Å². The van der Waals surface area contributed by atoms with Crippen molar-refractivity contribution in [3.8, 4) is 5.69 Å². The summed E-state index contributed by atoms with van der Waals surface area (Å²) < 4.78 is 1.92. The number of likely N-dealkylation sites (tertiary alicyclic amines) is 2. The first kappa shape index (κ1) is 17.3. The fraction of sp³-hybridized carbons (Fsp3) is 0.524. The van der Waals surface area contributed by atoms with Crippen LogP contribution in [0.4, 0.5) is 0 Å². The van der Waals surface area contributed by atoms with E-state index < -0.39 is 0 Å². The minimum Gasteiger partial charge on any atom is -0.341 e. The highest BCUT2D eigenvalue weighted by Gasteiger charge is 2.50. The standard InChI is InChI=1S/C21H28N4O/c1-2-13-23-14-5-10-21(20(23)26)11-6-15-24(21)17-18-8-3-4-9-19(18)25-16-7-12-22-25/h3-4,7-9,12,16H,2,5-6,10-11,13-15,17H2,1H3. The summed E-state index contributed by atoms with van der Waals surface area (Å²) in [5, 5.41) is 4.40. The number of carbonyl (C=O) groups excluding carboxylic acids is 1. The Morgan fingerprint density at radius 1 is 1.12 bits per heavy atom. The Morgan fingerprint density at radius 2 is 1.92 bits per heavy atom. The number of para-hydroxylation sites is 1. The van der Waals surface area contributed by atoms with Gasteiger partial charge in [-0.2, -0.15) is 5.10 Å². The molecule has 0 radical (unpaired) electrons. The van der Waals surface area contributed by atoms with E-state index in [2.05, 4.69) is 46.1 Å². The molecular formula is C21H28N4O. The minimum atomic E-state index is -0.287. The summed E-state index contributed by atoms with van der Waals surface area (Å²) in [4.78, 5) is 17.9. The first-order chi connectivity index (χ1) is 12.7. The Hall–Kier alpha value is -2.14. The van der Waals surface area contributed by atoms with Gasteiger partial charge in [0.15, 0.2) is 0 Å². The lowest BCUT2D eigenvalue weighted by atomic mass is 9.85. The fourth-order valence-corrected chi connectivity index (χ4v) is 4.72. The van der Waals surface area contributed by atoms with E-state index in [4.69, 9.17) is 0 Å². The van der Waals surface area contributed by atoms with Crippen LogP contribution in [0, 0.1) is 0 Å². The molecule has 2 saturated heterocycles. The summed E-state index contributed by atoms with van der Waals surface area (Å²) in [5.74, 6) is 0.361. The van der Waals surface area contributed by atoms with Crippen molar-refractivity contribution in [2.45, 2.75) is 51.1 Å². The fourth-order valence-electron chi connectivity index (χ4n) is 4.72. The van der Waals surface area contributed by atoms with Crippen molar-refractivity contribution < 1.29 is 4.79 Å². The molecule has 2 aliphatic heterocycles. The van der Waals surface area contributed by atoms with Crippen molar-refractivity contribution in [1.82, 2.24) is 19.6 Å². The van der Waals surface area contributed by atoms with E-state index in [1.807, 2.05) is 16.9 Å². The van der Waals surface area contributed by atoms with Gasteiger partial charge in [0.05, 0.1) is 5.69 Å². The van der Waals surface area contributed by atoms with Gasteiger partial charge >= 0.3 is 0 Å². The average molecular weight is 352 g/mol. The van der Waals surface area contributed by atoms with E-state index in [1.54, 1.807) is 6.20 Å². The Morgan fingerprint density at radius 3 is 2.69 bits per heavy atom. The summed E-state index contributed by atoms with van der Waals surface area (Å²) in [5.41, 5.74) is 2.05. The highest BCUT2D eigenvalue weighted by molar-refractivity contribution is 5.87. The molecular weight excluding hydrogens is 324 g/mol. The number of piperidine rings is 1. The first-order valence-electron chi connectivity index (χ1n) is 9.87. The lowest BCUT2D eigenvalue weighted by molar-refractivity contribution is -0.147. The van der Waals surface area contributed by atoms with Gasteiger partial charge in [-0.1, -0.05) is 25.1 Å². The van der Waals surface area contributed by atoms with Crippen LogP contribution in [0.2, 0.25) is 0 Å². The largest absolute Gasteiger partial charge is 0.341 e. The highest BCUT2D eigenvalue weighted by atomic mass is 16.2. The monoisotopic (exact) mass is 352 g/mol. The molecule has 1 amide bonds. The van der Waals surface area contributed by atoms with Crippen LogP contribution >= 0.6 is 0 Å². The topological polar surface area (TPSA) is 41.4 Å². The van der Waals surface area contributed by atoms with E-state index in [0.717, 1.165) is 64.0 Å². The molecule has 0 aliphatic carbocycles. The quantitative estimate of drug-likeness (QED) is 0.829. The van der Waals surface area contributed by atoms with Crippen LogP contribution in [0.3, 0.4) is 0 Å². The number of carbonyl (C=O) groups is 1. The Kier molecular flexibility index (Phi) is 4.81. The number of rotatable bonds is 5. The molecule has 2 aliphatic rings. The first-order valence-corrected chi connectivity index (χ1v) is 9.87. The van der Waals surface area contributed by atoms with E-state index in [0.29, 0.717) is 5.91 Å². The van der Waals surface area contributed by atoms with Gasteiger partial charge < -0.3 is 4.90 Å². The van der Waals surface area contributed by atoms with Crippen LogP contribution in [0.25, 0.3) is 5.69 Å². The Balaban J connectivity index is 1.62. The summed E-state index contributed by atoms with van der Waals surface area (Å²) in [7, 11) is 0. The molecule has 1 aromatic heterocycles. The van der Waals surface area contributed by atoms with E-state index >= 15 is 0 Å². The number of amides is 1. The van der Waals surface area contributed by atoms with Gasteiger partial charge in [0.25, 0.3) is 0 Å². The van der Waals surface area contributed by atoms with E-state index in [9.17, 15) is 4.79 Å². The average Bonchev–Trinajstić information content (AvgIpc) is 3.31. The summed E-state index contributed by atoms with van der Waals surface area (Å²) in [6.07, 6.45) is 9.03. The molecule has 5 nitrogen and oxygen atoms in total. The molecule has 26 heavy (non-hydrogen) atoms. The molecule has 1 aromatic carbocycles. The van der Waals surface area contributed by atoms with Crippen LogP contribution in [-0.2, 0) is 11.3 Å². The molecule has 2 fully saturated rings. The number of nitrogens with zero attached hydrogens (tertiary/aromatic N) is 4. The second kappa shape index (κ2) is 7.23. The SMILES string of the molecule is CCCN1CCCC2(CCCN2Cc2ccccc2-n2cccn2)C1=O. The van der Waals surface area contributed by atoms with Crippen molar-refractivity contribution in [3.63, 3.8) is 0 Å². The molecule has 4 rings (SSSR count). The zero-order chi connectivity index (χ0) is 18.0. The minimum absolute atomic E-state index is 0.287. The maximum Gasteiger partial charge on any atom is 0.243 e. The van der Waals surface area contributed by atoms with Gasteiger partial charge in [-0.15, -0.1) is 0 Å². The maximum atomic E-state index is 13.3. The van der Waals surface area contributed by atoms with Crippen molar-refractivity contribution >= 4 is 5.91 Å². The highest BCUT2D eigenvalue weighted by Crippen LogP contribution is 2.39. The molecule has 138 valence electrons. The van der Waals surface area contributed by atoms with Crippen molar-refractivity contribution in [1.29, 1.82) is 0 Å². The molecule has 3 heterocycles. The molecule has 0 N–H and O–H groups in total. The van der Waals surface area contributed by atoms with Gasteiger partial charge in [-0.05, 0) is 56.3 Å². The molecule has 2 aromatic rings. The maximum absolute atomic E-state index is 13.3. The zero-order valence-electron chi connectivity index (χ0n) is 15.6. The van der Waals surface area contributed by atoms with Crippen LogP contribution in [0.5, 0.6) is 0 Å². The number of hydrogen-bond donors (Lipinski definition) is 0. The van der Waals surface area contributed by atoms with Gasteiger partial charge in [-0.25, -0.2) is 4.68 Å². The third kappa shape index (κ3) is 2.94. The van der Waals surface area contributed by atoms with Gasteiger partial charge in [0.2, 0.25) is 5.91 Å². The lowest BCUT2D eigenvalue weighted by Crippen LogP contribution is -2.59. The predicted octanol–water partition coefficient (Wildman–Crippen LogP) is 3.24. The third-order valence-electron chi connectivity index (χ3n) is 5.92. The Bertz CT molecular complexity index is 755. The molecule has 0 bridgehead atoms. The predicted molar refractivity (Wildman–Crippen MR) is 102 cm³/mol. The smallest absolute Gasteiger partial charge is 0.243 e. The van der Waals surface area contributed by atoms with Crippen molar-refractivity contribution in [2.75, 3.05) is 19.6 Å². The van der Waals surface area contributed by atoms with Crippen molar-refractivity contribution in [2.24, 2.45) is 0 Å². The summed E-state index contributed by atoms with van der Waals surface area (Å²) >= 11 is 0. The van der Waals surface area contributed by atoms with Crippen LogP contribution in [-0.4, -0.2) is 50.7 Å². The lowest BCUT2D eigenvalue weighted by Gasteiger charge is -2.45. The molecule has 1 atom stereocenters. The molecule has 1 unspecified atom stereocenters. The molecule has 5 heteroatoms. The van der Waals surface area contributed by atoms with E-state index in [1.165, 1.54) is 5.56 Å². The Labute approximate surface area is 155 Å². The number of benzene rings is 1. The van der Waals surface area contributed by atoms with Gasteiger partial charge in [-0.3, -0.25) is 9.69 Å². The van der Waals surface area contributed by atoms with Gasteiger partial charge in [0, 0.05) is 32.0 Å². The normalized spacial score (nSPS) is 23.9. The summed E-state index contributed by atoms with van der Waals surface area (Å²) in [6, 6.07) is 10.4. The second-order valence-electron chi connectivity index (χ2n) is 7.53. The molecule has 1 spiro atoms. The number of aromatic nitrogens is 2. The third-order valence-corrected chi connectivity index (χ3v) is 5.92. The molecule has 0 saturated carbocycles. The van der Waals surface area contributed by atoms with Crippen LogP contribution in [0.1, 0.15) is 44.6 Å².